The van der Waals surface area contributed by atoms with Crippen molar-refractivity contribution < 1.29 is 59.4 Å². The quantitative estimate of drug-likeness (QED) is 0.261. The van der Waals surface area contributed by atoms with E-state index < -0.39 is 16.1 Å². The Labute approximate surface area is 75.7 Å². The van der Waals surface area contributed by atoms with E-state index in [0.29, 0.717) is 0 Å². The van der Waals surface area contributed by atoms with Crippen LogP contribution in [0.15, 0.2) is 0 Å². The van der Waals surface area contributed by atoms with Crippen LogP contribution in [0.4, 0.5) is 0 Å². The third-order valence-electron chi connectivity index (χ3n) is 0. The van der Waals surface area contributed by atoms with Crippen LogP contribution in [-0.2, 0) is 35.0 Å². The van der Waals surface area contributed by atoms with Gasteiger partial charge >= 0.3 is 16.1 Å². The summed E-state index contributed by atoms with van der Waals surface area (Å²) in [7, 11) is -7.77. The van der Waals surface area contributed by atoms with E-state index in [1.165, 1.54) is 0 Å². The first-order valence-electron chi connectivity index (χ1n) is 1.43. The summed E-state index contributed by atoms with van der Waals surface area (Å²) >= 11 is 0. The summed E-state index contributed by atoms with van der Waals surface area (Å²) in [5.74, 6) is 0. The fraction of sp³-hybridized carbons (Fsp3) is 0. The summed E-state index contributed by atoms with van der Waals surface area (Å²) in [5.41, 5.74) is 0. The normalized spacial score (nSPS) is 9.40. The molecule has 0 saturated heterocycles. The maximum atomic E-state index is 8.88. The van der Waals surface area contributed by atoms with E-state index in [0.717, 1.165) is 0 Å². The Bertz CT molecular complexity index is 111. The Balaban J connectivity index is -0.0000000910. The molecule has 0 atom stereocenters. The van der Waals surface area contributed by atoms with E-state index in [2.05, 4.69) is 0 Å². The Kier molecular flexibility index (Phi) is 14.2. The second-order valence-corrected chi connectivity index (χ2v) is 2.39. The van der Waals surface area contributed by atoms with Crippen LogP contribution < -0.4 is 0 Å². The molecule has 0 bridgehead atoms. The third kappa shape index (κ3) is 473. The van der Waals surface area contributed by atoms with Crippen molar-refractivity contribution in [1.29, 1.82) is 0 Å². The van der Waals surface area contributed by atoms with Gasteiger partial charge in [-0.2, -0.15) is 0 Å². The summed E-state index contributed by atoms with van der Waals surface area (Å²) in [4.78, 5) is 35.9. The zero-order valence-electron chi connectivity index (χ0n) is 4.50. The van der Waals surface area contributed by atoms with Crippen molar-refractivity contribution in [2.45, 2.75) is 0 Å². The molecule has 7 nitrogen and oxygen atoms in total. The molecule has 0 radical (unpaired) electrons. The van der Waals surface area contributed by atoms with Crippen LogP contribution in [0, 0.1) is 0 Å². The predicted octanol–water partition coefficient (Wildman–Crippen LogP) is -1.57. The molecule has 0 aromatic carbocycles. The molecule has 0 fully saturated rings. The SMILES string of the molecule is O=P(O)(O)O.O=[PH](O)O.[Hf]. The Morgan fingerprint density at radius 2 is 1.10 bits per heavy atom. The third-order valence-corrected chi connectivity index (χ3v) is 0. The Hall–Kier alpha value is 1.13. The second kappa shape index (κ2) is 8.23. The molecule has 0 saturated carbocycles. The minimum absolute atomic E-state index is 0. The molecule has 10 heteroatoms. The average molecular weight is 358 g/mol. The van der Waals surface area contributed by atoms with Gasteiger partial charge in [0.15, 0.2) is 0 Å². The molecule has 0 aliphatic rings. The smallest absolute Gasteiger partial charge is 0.326 e. The van der Waals surface area contributed by atoms with Crippen LogP contribution in [0.2, 0.25) is 0 Å². The van der Waals surface area contributed by atoms with Gasteiger partial charge in [0.05, 0.1) is 0 Å². The topological polar surface area (TPSA) is 135 Å². The largest absolute Gasteiger partial charge is 0.466 e. The van der Waals surface area contributed by atoms with Crippen molar-refractivity contribution in [1.82, 2.24) is 0 Å². The summed E-state index contributed by atoms with van der Waals surface area (Å²) in [5, 5.41) is 0. The first kappa shape index (κ1) is 17.3. The van der Waals surface area contributed by atoms with E-state index in [1.54, 1.807) is 0 Å². The molecule has 0 unspecified atom stereocenters. The number of rotatable bonds is 0. The first-order valence-corrected chi connectivity index (χ1v) is 4.30. The van der Waals surface area contributed by atoms with Crippen LogP contribution in [0.1, 0.15) is 0 Å². The molecule has 62 valence electrons. The molecule has 0 aromatic rings. The van der Waals surface area contributed by atoms with E-state index in [9.17, 15) is 0 Å². The minimum atomic E-state index is -4.64. The number of phosphoric acid groups is 1. The molecule has 0 aliphatic heterocycles. The summed E-state index contributed by atoms with van der Waals surface area (Å²) in [6.07, 6.45) is 0. The van der Waals surface area contributed by atoms with E-state index >= 15 is 0 Å². The Morgan fingerprint density at radius 3 is 1.10 bits per heavy atom. The minimum Gasteiger partial charge on any atom is -0.326 e. The second-order valence-electron chi connectivity index (χ2n) is 0.796. The fourth-order valence-corrected chi connectivity index (χ4v) is 0. The maximum absolute atomic E-state index is 8.88. The molecule has 5 N–H and O–H groups in total. The van der Waals surface area contributed by atoms with Crippen LogP contribution >= 0.6 is 16.1 Å². The molecule has 0 rings (SSSR count). The molecular formula is H6HfO7P2. The maximum Gasteiger partial charge on any atom is 0.466 e. The monoisotopic (exact) mass is 360 g/mol. The molecule has 0 spiro atoms. The predicted molar refractivity (Wildman–Crippen MR) is 27.7 cm³/mol. The summed E-state index contributed by atoms with van der Waals surface area (Å²) < 4.78 is 17.6. The zero-order valence-corrected chi connectivity index (χ0v) is 9.99. The van der Waals surface area contributed by atoms with Gasteiger partial charge in [-0.05, 0) is 0 Å². The van der Waals surface area contributed by atoms with E-state index in [1.807, 2.05) is 0 Å². The van der Waals surface area contributed by atoms with Crippen LogP contribution in [0.5, 0.6) is 0 Å². The van der Waals surface area contributed by atoms with Gasteiger partial charge in [0, 0.05) is 25.8 Å². The fourth-order valence-electron chi connectivity index (χ4n) is 0. The Morgan fingerprint density at radius 1 is 1.10 bits per heavy atom. The molecule has 0 aliphatic carbocycles. The van der Waals surface area contributed by atoms with Crippen molar-refractivity contribution >= 4 is 16.1 Å². The summed E-state index contributed by atoms with van der Waals surface area (Å²) in [6.45, 7) is 0. The molecular weight excluding hydrogens is 352 g/mol. The van der Waals surface area contributed by atoms with Gasteiger partial charge in [-0.1, -0.05) is 0 Å². The van der Waals surface area contributed by atoms with Gasteiger partial charge in [-0.3, -0.25) is 4.57 Å². The molecule has 0 amide bonds. The standard InChI is InChI=1S/Hf.H3O4P.H3O3P/c;1-5(2,3)4;1-4(2)3/h;(H3,1,2,3,4);4H,(H2,1,2,3). The van der Waals surface area contributed by atoms with Gasteiger partial charge in [0.2, 0.25) is 0 Å². The van der Waals surface area contributed by atoms with Gasteiger partial charge in [-0.25, -0.2) is 4.57 Å². The average Bonchev–Trinajstić information content (AvgIpc) is 1.19. The summed E-state index contributed by atoms with van der Waals surface area (Å²) in [6, 6.07) is 0. The van der Waals surface area contributed by atoms with E-state index in [-0.39, 0.29) is 25.8 Å². The molecule has 10 heavy (non-hydrogen) atoms. The van der Waals surface area contributed by atoms with Crippen molar-refractivity contribution in [2.24, 2.45) is 0 Å². The van der Waals surface area contributed by atoms with Crippen LogP contribution in [0.3, 0.4) is 0 Å². The van der Waals surface area contributed by atoms with Crippen LogP contribution in [-0.4, -0.2) is 24.5 Å². The van der Waals surface area contributed by atoms with Crippen molar-refractivity contribution in [3.05, 3.63) is 0 Å². The van der Waals surface area contributed by atoms with Crippen LogP contribution in [0.25, 0.3) is 0 Å². The van der Waals surface area contributed by atoms with Gasteiger partial charge in [0.1, 0.15) is 0 Å². The van der Waals surface area contributed by atoms with Gasteiger partial charge < -0.3 is 24.5 Å². The van der Waals surface area contributed by atoms with Crippen molar-refractivity contribution in [2.75, 3.05) is 0 Å². The van der Waals surface area contributed by atoms with Gasteiger partial charge in [-0.15, -0.1) is 0 Å². The molecule has 0 aromatic heterocycles. The first-order chi connectivity index (χ1) is 3.73. The molecule has 0 heterocycles. The number of hydrogen-bond donors (Lipinski definition) is 5. The van der Waals surface area contributed by atoms with Gasteiger partial charge in [0.25, 0.3) is 0 Å². The van der Waals surface area contributed by atoms with E-state index in [4.69, 9.17) is 33.6 Å². The van der Waals surface area contributed by atoms with Crippen molar-refractivity contribution in [3.8, 4) is 0 Å². The zero-order chi connectivity index (χ0) is 8.08. The number of hydrogen-bond acceptors (Lipinski definition) is 2. The van der Waals surface area contributed by atoms with Crippen molar-refractivity contribution in [3.63, 3.8) is 0 Å².